The quantitative estimate of drug-likeness (QED) is 0.625. The zero-order valence-corrected chi connectivity index (χ0v) is 14.6. The van der Waals surface area contributed by atoms with Gasteiger partial charge in [-0.2, -0.15) is 0 Å². The third kappa shape index (κ3) is 3.48. The van der Waals surface area contributed by atoms with Gasteiger partial charge in [0.25, 0.3) is 0 Å². The van der Waals surface area contributed by atoms with Gasteiger partial charge in [0.2, 0.25) is 0 Å². The number of carboxylic acid groups (broad SMARTS) is 1. The van der Waals surface area contributed by atoms with Gasteiger partial charge in [0.1, 0.15) is 0 Å². The minimum Gasteiger partial charge on any atom is -0.478 e. The van der Waals surface area contributed by atoms with E-state index >= 15 is 0 Å². The summed E-state index contributed by atoms with van der Waals surface area (Å²) in [5.74, 6) is -0.894. The second-order valence-electron chi connectivity index (χ2n) is 6.28. The first-order valence-electron chi connectivity index (χ1n) is 8.63. The molecule has 0 fully saturated rings. The van der Waals surface area contributed by atoms with Gasteiger partial charge in [-0.25, -0.2) is 4.79 Å². The van der Waals surface area contributed by atoms with E-state index in [4.69, 9.17) is 0 Å². The molecule has 25 heavy (non-hydrogen) atoms. The highest BCUT2D eigenvalue weighted by Crippen LogP contribution is 2.35. The summed E-state index contributed by atoms with van der Waals surface area (Å²) in [6.45, 7) is 4.30. The second-order valence-corrected chi connectivity index (χ2v) is 6.28. The molecule has 0 aliphatic heterocycles. The summed E-state index contributed by atoms with van der Waals surface area (Å²) in [5.41, 5.74) is 7.39. The Morgan fingerprint density at radius 2 is 1.56 bits per heavy atom. The Kier molecular flexibility index (Phi) is 4.99. The molecule has 0 saturated carbocycles. The lowest BCUT2D eigenvalue weighted by atomic mass is 9.87. The Labute approximate surface area is 148 Å². The highest BCUT2D eigenvalue weighted by atomic mass is 16.4. The maximum atomic E-state index is 11.3. The Bertz CT molecular complexity index is 909. The Hall–Kier alpha value is -2.87. The molecule has 2 nitrogen and oxygen atoms in total. The minimum atomic E-state index is -0.894. The van der Waals surface area contributed by atoms with E-state index in [2.05, 4.69) is 56.3 Å². The van der Waals surface area contributed by atoms with Crippen LogP contribution in [0.4, 0.5) is 0 Å². The summed E-state index contributed by atoms with van der Waals surface area (Å²) in [6, 6.07) is 21.9. The normalized spacial score (nSPS) is 10.6. The van der Waals surface area contributed by atoms with Crippen LogP contribution in [-0.4, -0.2) is 11.1 Å². The fraction of sp³-hybridized carbons (Fsp3) is 0.174. The molecule has 126 valence electrons. The first-order valence-corrected chi connectivity index (χ1v) is 8.63. The van der Waals surface area contributed by atoms with Crippen LogP contribution in [0.25, 0.3) is 22.3 Å². The van der Waals surface area contributed by atoms with Gasteiger partial charge in [0, 0.05) is 0 Å². The van der Waals surface area contributed by atoms with Gasteiger partial charge in [-0.15, -0.1) is 0 Å². The molecule has 0 atom stereocenters. The molecule has 3 aromatic rings. The van der Waals surface area contributed by atoms with Gasteiger partial charge in [0.05, 0.1) is 5.56 Å². The van der Waals surface area contributed by atoms with Crippen LogP contribution in [0.5, 0.6) is 0 Å². The standard InChI is InChI=1S/C23H22O2/c1-3-8-21-20(17-10-6-11-18(15-17)23(24)25)13-7-14-22(21)19-12-5-4-9-16(19)2/h4-7,9-15H,3,8H2,1-2H3,(H,24,25). The molecule has 0 bridgehead atoms. The monoisotopic (exact) mass is 330 g/mol. The molecular weight excluding hydrogens is 308 g/mol. The van der Waals surface area contributed by atoms with Gasteiger partial charge in [-0.3, -0.25) is 0 Å². The molecule has 0 saturated heterocycles. The van der Waals surface area contributed by atoms with E-state index in [1.54, 1.807) is 12.1 Å². The van der Waals surface area contributed by atoms with E-state index in [-0.39, 0.29) is 0 Å². The summed E-state index contributed by atoms with van der Waals surface area (Å²) in [7, 11) is 0. The van der Waals surface area contributed by atoms with E-state index in [9.17, 15) is 9.90 Å². The van der Waals surface area contributed by atoms with Crippen LogP contribution < -0.4 is 0 Å². The molecule has 0 aliphatic carbocycles. The van der Waals surface area contributed by atoms with Crippen molar-refractivity contribution in [2.45, 2.75) is 26.7 Å². The fourth-order valence-electron chi connectivity index (χ4n) is 3.32. The van der Waals surface area contributed by atoms with Crippen LogP contribution in [0.1, 0.15) is 34.8 Å². The molecule has 0 spiro atoms. The van der Waals surface area contributed by atoms with Crippen molar-refractivity contribution >= 4 is 5.97 Å². The predicted molar refractivity (Wildman–Crippen MR) is 103 cm³/mol. The lowest BCUT2D eigenvalue weighted by Crippen LogP contribution is -1.98. The maximum absolute atomic E-state index is 11.3. The lowest BCUT2D eigenvalue weighted by molar-refractivity contribution is 0.0697. The largest absolute Gasteiger partial charge is 0.478 e. The van der Waals surface area contributed by atoms with Crippen LogP contribution in [-0.2, 0) is 6.42 Å². The third-order valence-corrected chi connectivity index (χ3v) is 4.53. The maximum Gasteiger partial charge on any atom is 0.335 e. The van der Waals surface area contributed by atoms with E-state index in [1.807, 2.05) is 12.1 Å². The summed E-state index contributed by atoms with van der Waals surface area (Å²) < 4.78 is 0. The highest BCUT2D eigenvalue weighted by Gasteiger charge is 2.13. The van der Waals surface area contributed by atoms with Crippen LogP contribution >= 0.6 is 0 Å². The number of rotatable bonds is 5. The zero-order valence-electron chi connectivity index (χ0n) is 14.6. The SMILES string of the molecule is CCCc1c(-c2cccc(C(=O)O)c2)cccc1-c1ccccc1C. The number of hydrogen-bond donors (Lipinski definition) is 1. The Morgan fingerprint density at radius 1 is 0.880 bits per heavy atom. The van der Waals surface area contributed by atoms with Crippen LogP contribution in [0, 0.1) is 6.92 Å². The van der Waals surface area contributed by atoms with E-state index in [0.717, 1.165) is 24.0 Å². The first kappa shape index (κ1) is 17.0. The molecule has 1 N–H and O–H groups in total. The third-order valence-electron chi connectivity index (χ3n) is 4.53. The van der Waals surface area contributed by atoms with Gasteiger partial charge >= 0.3 is 5.97 Å². The van der Waals surface area contributed by atoms with Gasteiger partial charge in [-0.1, -0.05) is 67.9 Å². The van der Waals surface area contributed by atoms with Crippen molar-refractivity contribution in [1.82, 2.24) is 0 Å². The summed E-state index contributed by atoms with van der Waals surface area (Å²) in [5, 5.41) is 9.30. The fourth-order valence-corrected chi connectivity index (χ4v) is 3.32. The second kappa shape index (κ2) is 7.35. The molecule has 3 rings (SSSR count). The van der Waals surface area contributed by atoms with Crippen LogP contribution in [0.15, 0.2) is 66.7 Å². The molecule has 0 unspecified atom stereocenters. The van der Waals surface area contributed by atoms with Crippen molar-refractivity contribution in [2.24, 2.45) is 0 Å². The van der Waals surface area contributed by atoms with Crippen molar-refractivity contribution in [1.29, 1.82) is 0 Å². The highest BCUT2D eigenvalue weighted by molar-refractivity contribution is 5.90. The molecular formula is C23H22O2. The Balaban J connectivity index is 2.21. The summed E-state index contributed by atoms with van der Waals surface area (Å²) in [4.78, 5) is 11.3. The summed E-state index contributed by atoms with van der Waals surface area (Å²) >= 11 is 0. The topological polar surface area (TPSA) is 37.3 Å². The Morgan fingerprint density at radius 3 is 2.28 bits per heavy atom. The lowest BCUT2D eigenvalue weighted by Gasteiger charge is -2.17. The molecule has 0 heterocycles. The van der Waals surface area contributed by atoms with Crippen LogP contribution in [0.2, 0.25) is 0 Å². The molecule has 0 amide bonds. The minimum absolute atomic E-state index is 0.321. The predicted octanol–water partition coefficient (Wildman–Crippen LogP) is 5.98. The molecule has 0 aromatic heterocycles. The van der Waals surface area contributed by atoms with Crippen LogP contribution in [0.3, 0.4) is 0 Å². The first-order chi connectivity index (χ1) is 12.1. The molecule has 3 aromatic carbocycles. The van der Waals surface area contributed by atoms with Gasteiger partial charge in [0.15, 0.2) is 0 Å². The van der Waals surface area contributed by atoms with E-state index in [1.165, 1.54) is 22.3 Å². The number of hydrogen-bond acceptors (Lipinski definition) is 1. The van der Waals surface area contributed by atoms with Gasteiger partial charge < -0.3 is 5.11 Å². The molecule has 0 radical (unpaired) electrons. The summed E-state index contributed by atoms with van der Waals surface area (Å²) in [6.07, 6.45) is 1.99. The zero-order chi connectivity index (χ0) is 17.8. The average molecular weight is 330 g/mol. The van der Waals surface area contributed by atoms with Crippen molar-refractivity contribution in [3.63, 3.8) is 0 Å². The number of carbonyl (C=O) groups is 1. The number of carboxylic acids is 1. The smallest absolute Gasteiger partial charge is 0.335 e. The number of benzene rings is 3. The van der Waals surface area contributed by atoms with Gasteiger partial charge in [-0.05, 0) is 58.9 Å². The number of aryl methyl sites for hydroxylation is 1. The van der Waals surface area contributed by atoms with Crippen molar-refractivity contribution in [3.8, 4) is 22.3 Å². The number of aromatic carboxylic acids is 1. The molecule has 2 heteroatoms. The average Bonchev–Trinajstić information content (AvgIpc) is 2.63. The molecule has 0 aliphatic rings. The van der Waals surface area contributed by atoms with E-state index < -0.39 is 5.97 Å². The van der Waals surface area contributed by atoms with Crippen molar-refractivity contribution in [2.75, 3.05) is 0 Å². The van der Waals surface area contributed by atoms with E-state index in [0.29, 0.717) is 5.56 Å². The van der Waals surface area contributed by atoms with Crippen molar-refractivity contribution in [3.05, 3.63) is 83.4 Å². The van der Waals surface area contributed by atoms with Crippen molar-refractivity contribution < 1.29 is 9.90 Å².